The smallest absolute Gasteiger partial charge is 0.0327 e. The third-order valence-electron chi connectivity index (χ3n) is 2.62. The molecule has 1 atom stereocenters. The largest absolute Gasteiger partial charge is 0.311 e. The van der Waals surface area contributed by atoms with Gasteiger partial charge in [0.05, 0.1) is 0 Å². The Bertz CT molecular complexity index is 295. The molecule has 0 amide bonds. The normalized spacial score (nSPS) is 21.8. The van der Waals surface area contributed by atoms with Gasteiger partial charge in [-0.3, -0.25) is 0 Å². The minimum atomic E-state index is 0.845. The van der Waals surface area contributed by atoms with E-state index in [-0.39, 0.29) is 0 Å². The summed E-state index contributed by atoms with van der Waals surface area (Å²) in [7, 11) is 0. The molecule has 2 rings (SSSR count). The van der Waals surface area contributed by atoms with Crippen molar-refractivity contribution in [3.63, 3.8) is 0 Å². The molecule has 1 fully saturated rings. The van der Waals surface area contributed by atoms with Gasteiger partial charge in [-0.2, -0.15) is 11.8 Å². The molecule has 0 radical (unpaired) electrons. The lowest BCUT2D eigenvalue weighted by Crippen LogP contribution is -2.26. The van der Waals surface area contributed by atoms with Crippen LogP contribution in [0.4, 0.5) is 0 Å². The Morgan fingerprint density at radius 2 is 2.40 bits per heavy atom. The maximum atomic E-state index is 3.56. The van der Waals surface area contributed by atoms with Crippen LogP contribution in [-0.2, 0) is 6.54 Å². The van der Waals surface area contributed by atoms with Crippen molar-refractivity contribution in [1.82, 2.24) is 5.32 Å². The lowest BCUT2D eigenvalue weighted by Gasteiger charge is -2.21. The summed E-state index contributed by atoms with van der Waals surface area (Å²) in [5.41, 5.74) is 0. The van der Waals surface area contributed by atoms with Gasteiger partial charge in [-0.25, -0.2) is 0 Å². The van der Waals surface area contributed by atoms with Gasteiger partial charge in [0.2, 0.25) is 0 Å². The molecule has 2 heterocycles. The molecule has 1 aromatic rings. The Hall–Kier alpha value is 0.490. The second kappa shape index (κ2) is 6.28. The molecule has 0 saturated carbocycles. The van der Waals surface area contributed by atoms with Crippen LogP contribution in [0.2, 0.25) is 0 Å². The van der Waals surface area contributed by atoms with Crippen LogP contribution in [0.5, 0.6) is 0 Å². The highest BCUT2D eigenvalue weighted by molar-refractivity contribution is 9.10. The topological polar surface area (TPSA) is 12.0 Å². The van der Waals surface area contributed by atoms with Gasteiger partial charge in [0, 0.05) is 27.7 Å². The average molecular weight is 306 g/mol. The van der Waals surface area contributed by atoms with E-state index >= 15 is 0 Å². The summed E-state index contributed by atoms with van der Waals surface area (Å²) in [6, 6.07) is 2.12. The van der Waals surface area contributed by atoms with E-state index < -0.39 is 0 Å². The summed E-state index contributed by atoms with van der Waals surface area (Å²) in [6.45, 7) is 2.17. The fourth-order valence-electron chi connectivity index (χ4n) is 1.77. The fourth-order valence-corrected chi connectivity index (χ4v) is 4.50. The van der Waals surface area contributed by atoms with Gasteiger partial charge in [-0.05, 0) is 46.0 Å². The summed E-state index contributed by atoms with van der Waals surface area (Å²) in [5.74, 6) is 1.36. The van der Waals surface area contributed by atoms with Crippen molar-refractivity contribution in [3.05, 3.63) is 20.8 Å². The van der Waals surface area contributed by atoms with Gasteiger partial charge in [-0.15, -0.1) is 11.3 Å². The number of hydrogen-bond donors (Lipinski definition) is 1. The first-order chi connectivity index (χ1) is 7.36. The van der Waals surface area contributed by atoms with E-state index in [2.05, 4.69) is 44.5 Å². The van der Waals surface area contributed by atoms with E-state index in [1.807, 2.05) is 11.3 Å². The highest BCUT2D eigenvalue weighted by Crippen LogP contribution is 2.25. The predicted molar refractivity (Wildman–Crippen MR) is 73.8 cm³/mol. The van der Waals surface area contributed by atoms with Gasteiger partial charge < -0.3 is 5.32 Å². The maximum absolute atomic E-state index is 3.56. The van der Waals surface area contributed by atoms with Crippen LogP contribution < -0.4 is 5.32 Å². The third kappa shape index (κ3) is 3.77. The van der Waals surface area contributed by atoms with E-state index in [1.165, 1.54) is 34.4 Å². The zero-order chi connectivity index (χ0) is 10.5. The van der Waals surface area contributed by atoms with E-state index in [0.717, 1.165) is 18.3 Å². The Morgan fingerprint density at radius 3 is 3.07 bits per heavy atom. The molecular formula is C11H16BrNS2. The minimum Gasteiger partial charge on any atom is -0.311 e. The van der Waals surface area contributed by atoms with Gasteiger partial charge >= 0.3 is 0 Å². The van der Waals surface area contributed by atoms with E-state index in [0.29, 0.717) is 0 Å². The minimum absolute atomic E-state index is 0.845. The summed E-state index contributed by atoms with van der Waals surface area (Å²) >= 11 is 7.51. The summed E-state index contributed by atoms with van der Waals surface area (Å²) < 4.78 is 1.25. The second-order valence-electron chi connectivity index (χ2n) is 3.81. The first-order valence-corrected chi connectivity index (χ1v) is 8.12. The maximum Gasteiger partial charge on any atom is 0.0327 e. The van der Waals surface area contributed by atoms with Crippen LogP contribution in [0.3, 0.4) is 0 Å². The Morgan fingerprint density at radius 1 is 1.47 bits per heavy atom. The molecule has 0 bridgehead atoms. The quantitative estimate of drug-likeness (QED) is 0.906. The molecule has 1 aliphatic heterocycles. The zero-order valence-corrected chi connectivity index (χ0v) is 11.9. The predicted octanol–water partition coefficient (Wildman–Crippen LogP) is 3.89. The molecule has 4 heteroatoms. The van der Waals surface area contributed by atoms with Crippen LogP contribution >= 0.6 is 39.0 Å². The summed E-state index contributed by atoms with van der Waals surface area (Å²) in [6.07, 6.45) is 4.23. The van der Waals surface area contributed by atoms with Gasteiger partial charge in [0.1, 0.15) is 0 Å². The van der Waals surface area contributed by atoms with Crippen LogP contribution in [-0.4, -0.2) is 17.5 Å². The van der Waals surface area contributed by atoms with Crippen molar-refractivity contribution in [2.75, 3.05) is 12.3 Å². The molecule has 0 aliphatic carbocycles. The summed E-state index contributed by atoms with van der Waals surface area (Å²) in [5, 5.41) is 6.54. The highest BCUT2D eigenvalue weighted by atomic mass is 79.9. The molecule has 1 N–H and O–H groups in total. The lowest BCUT2D eigenvalue weighted by atomic mass is 10.2. The standard InChI is InChI=1S/C11H16BrNS2/c12-10-4-6-15-11(10)8-13-7-9-3-1-2-5-14-9/h4,6,9,13H,1-3,5,7-8H2. The molecule has 1 saturated heterocycles. The molecule has 1 unspecified atom stereocenters. The Kier molecular flexibility index (Phi) is 5.01. The Balaban J connectivity index is 1.68. The molecule has 15 heavy (non-hydrogen) atoms. The molecule has 0 aromatic carbocycles. The van der Waals surface area contributed by atoms with Crippen LogP contribution in [0.15, 0.2) is 15.9 Å². The second-order valence-corrected chi connectivity index (χ2v) is 7.07. The van der Waals surface area contributed by atoms with Gasteiger partial charge in [0.15, 0.2) is 0 Å². The molecule has 1 aliphatic rings. The van der Waals surface area contributed by atoms with E-state index in [9.17, 15) is 0 Å². The van der Waals surface area contributed by atoms with Crippen LogP contribution in [0.25, 0.3) is 0 Å². The number of thioether (sulfide) groups is 1. The number of thiophene rings is 1. The molecule has 1 aromatic heterocycles. The number of halogens is 1. The van der Waals surface area contributed by atoms with E-state index in [4.69, 9.17) is 0 Å². The van der Waals surface area contributed by atoms with Crippen molar-refractivity contribution in [3.8, 4) is 0 Å². The van der Waals surface area contributed by atoms with Crippen LogP contribution in [0, 0.1) is 0 Å². The molecule has 0 spiro atoms. The number of nitrogens with one attached hydrogen (secondary N) is 1. The average Bonchev–Trinajstić information content (AvgIpc) is 2.66. The number of rotatable bonds is 4. The molecular weight excluding hydrogens is 290 g/mol. The first-order valence-electron chi connectivity index (χ1n) is 5.40. The third-order valence-corrected chi connectivity index (χ3v) is 5.95. The van der Waals surface area contributed by atoms with Crippen LogP contribution in [0.1, 0.15) is 24.1 Å². The zero-order valence-electron chi connectivity index (χ0n) is 8.67. The van der Waals surface area contributed by atoms with Gasteiger partial charge in [0.25, 0.3) is 0 Å². The highest BCUT2D eigenvalue weighted by Gasteiger charge is 2.13. The van der Waals surface area contributed by atoms with Crippen molar-refractivity contribution >= 4 is 39.0 Å². The summed E-state index contributed by atoms with van der Waals surface area (Å²) in [4.78, 5) is 1.41. The van der Waals surface area contributed by atoms with E-state index in [1.54, 1.807) is 0 Å². The molecule has 84 valence electrons. The lowest BCUT2D eigenvalue weighted by molar-refractivity contribution is 0.600. The first kappa shape index (κ1) is 12.0. The molecule has 1 nitrogen and oxygen atoms in total. The number of hydrogen-bond acceptors (Lipinski definition) is 3. The SMILES string of the molecule is Brc1ccsc1CNCC1CCCCS1. The Labute approximate surface area is 108 Å². The fraction of sp³-hybridized carbons (Fsp3) is 0.636. The monoisotopic (exact) mass is 305 g/mol. The van der Waals surface area contributed by atoms with Crippen molar-refractivity contribution in [2.24, 2.45) is 0 Å². The van der Waals surface area contributed by atoms with Gasteiger partial charge in [-0.1, -0.05) is 6.42 Å². The van der Waals surface area contributed by atoms with Crippen molar-refractivity contribution in [1.29, 1.82) is 0 Å². The van der Waals surface area contributed by atoms with Crippen molar-refractivity contribution < 1.29 is 0 Å². The van der Waals surface area contributed by atoms with Crippen molar-refractivity contribution in [2.45, 2.75) is 31.1 Å².